The van der Waals surface area contributed by atoms with Crippen LogP contribution in [0.15, 0.2) is 36.5 Å². The minimum Gasteiger partial charge on any atom is -0.466 e. The fraction of sp³-hybridized carbons (Fsp3) is 0.875. The molecular weight excluding hydrogens is 863 g/mol. The number of nitrogens with one attached hydrogen (secondary N) is 1. The second-order valence-corrected chi connectivity index (χ2v) is 21.4. The Morgan fingerprint density at radius 1 is 0.386 bits per heavy atom. The Bertz CT molecular complexity index is 1130. The number of carbonyl (C=O) groups is 2. The SMILES string of the molecule is CCCC/C=C\CCCCCCCC(=O)OCCCCCCCCCCCCCC/C=C\CCCCCCCCCCCCCCCCCCC(=O)NC(CO)C(O)/C=C/CCCCCCCCCC. The Morgan fingerprint density at radius 3 is 1.06 bits per heavy atom. The lowest BCUT2D eigenvalue weighted by Gasteiger charge is -2.20. The third kappa shape index (κ3) is 55.4. The highest BCUT2D eigenvalue weighted by Crippen LogP contribution is 2.17. The molecule has 0 saturated heterocycles. The van der Waals surface area contributed by atoms with Crippen LogP contribution >= 0.6 is 0 Å². The molecule has 6 nitrogen and oxygen atoms in total. The van der Waals surface area contributed by atoms with Crippen LogP contribution in [0.5, 0.6) is 0 Å². The Morgan fingerprint density at radius 2 is 0.686 bits per heavy atom. The lowest BCUT2D eigenvalue weighted by Crippen LogP contribution is -2.45. The highest BCUT2D eigenvalue weighted by molar-refractivity contribution is 5.76. The number of carbonyl (C=O) groups excluding carboxylic acids is 2. The number of aliphatic hydroxyl groups excluding tert-OH is 2. The molecule has 1 amide bonds. The van der Waals surface area contributed by atoms with Crippen molar-refractivity contribution in [1.29, 1.82) is 0 Å². The summed E-state index contributed by atoms with van der Waals surface area (Å²) >= 11 is 0. The van der Waals surface area contributed by atoms with Crippen LogP contribution in [0.4, 0.5) is 0 Å². The first-order chi connectivity index (χ1) is 34.5. The van der Waals surface area contributed by atoms with Crippen LogP contribution in [0.25, 0.3) is 0 Å². The molecule has 6 heteroatoms. The van der Waals surface area contributed by atoms with Crippen LogP contribution < -0.4 is 5.32 Å². The van der Waals surface area contributed by atoms with E-state index < -0.39 is 12.1 Å². The van der Waals surface area contributed by atoms with Crippen LogP contribution in [0, 0.1) is 0 Å². The van der Waals surface area contributed by atoms with E-state index in [-0.39, 0.29) is 18.5 Å². The topological polar surface area (TPSA) is 95.9 Å². The van der Waals surface area contributed by atoms with E-state index in [2.05, 4.69) is 43.5 Å². The van der Waals surface area contributed by atoms with Gasteiger partial charge >= 0.3 is 5.97 Å². The van der Waals surface area contributed by atoms with Gasteiger partial charge < -0.3 is 20.3 Å². The average Bonchev–Trinajstić information content (AvgIpc) is 3.36. The molecule has 0 spiro atoms. The molecule has 0 fully saturated rings. The molecule has 0 saturated carbocycles. The number of allylic oxidation sites excluding steroid dienone is 5. The second kappa shape index (κ2) is 59.6. The Hall–Kier alpha value is -1.92. The summed E-state index contributed by atoms with van der Waals surface area (Å²) in [5, 5.41) is 23.0. The zero-order chi connectivity index (χ0) is 50.7. The monoisotopic (exact) mass is 984 g/mol. The van der Waals surface area contributed by atoms with Crippen molar-refractivity contribution >= 4 is 11.9 Å². The van der Waals surface area contributed by atoms with E-state index in [9.17, 15) is 19.8 Å². The Balaban J connectivity index is 3.35. The summed E-state index contributed by atoms with van der Waals surface area (Å²) in [5.74, 6) is -0.0601. The number of hydrogen-bond acceptors (Lipinski definition) is 5. The summed E-state index contributed by atoms with van der Waals surface area (Å²) in [7, 11) is 0. The van der Waals surface area contributed by atoms with E-state index >= 15 is 0 Å². The Kier molecular flexibility index (Phi) is 58.0. The van der Waals surface area contributed by atoms with Gasteiger partial charge in [0, 0.05) is 12.8 Å². The van der Waals surface area contributed by atoms with Crippen LogP contribution in [0.1, 0.15) is 335 Å². The van der Waals surface area contributed by atoms with Gasteiger partial charge in [0.05, 0.1) is 25.4 Å². The maximum absolute atomic E-state index is 12.4. The number of unbranched alkanes of at least 4 members (excludes halogenated alkanes) is 43. The molecule has 0 aliphatic rings. The van der Waals surface area contributed by atoms with Gasteiger partial charge in [-0.1, -0.05) is 281 Å². The van der Waals surface area contributed by atoms with Gasteiger partial charge in [0.15, 0.2) is 0 Å². The van der Waals surface area contributed by atoms with Crippen molar-refractivity contribution in [1.82, 2.24) is 5.32 Å². The predicted molar refractivity (Wildman–Crippen MR) is 306 cm³/mol. The number of amides is 1. The van der Waals surface area contributed by atoms with Crippen molar-refractivity contribution in [3.63, 3.8) is 0 Å². The van der Waals surface area contributed by atoms with Gasteiger partial charge in [-0.25, -0.2) is 0 Å². The van der Waals surface area contributed by atoms with Crippen molar-refractivity contribution in [3.05, 3.63) is 36.5 Å². The quantitative estimate of drug-likeness (QED) is 0.0321. The van der Waals surface area contributed by atoms with Crippen molar-refractivity contribution in [2.75, 3.05) is 13.2 Å². The minimum atomic E-state index is -0.840. The smallest absolute Gasteiger partial charge is 0.305 e. The number of aliphatic hydroxyl groups is 2. The zero-order valence-corrected chi connectivity index (χ0v) is 47.0. The van der Waals surface area contributed by atoms with Gasteiger partial charge in [-0.15, -0.1) is 0 Å². The standard InChI is InChI=1S/C64H121NO5/c1-3-5-7-9-11-13-37-42-46-50-54-58-64(69)70-59-55-51-47-43-39-36-34-32-30-28-26-24-22-20-18-16-15-17-19-21-23-25-27-29-31-33-35-38-41-45-49-53-57-63(68)65-61(60-66)62(67)56-52-48-44-40-14-12-10-8-6-4-2/h9,11,18,20,52,56,61-62,66-67H,3-8,10,12-17,19,21-51,53-55,57-60H2,1-2H3,(H,65,68)/b11-9-,20-18-,56-52+. The second-order valence-electron chi connectivity index (χ2n) is 21.4. The molecule has 412 valence electrons. The number of esters is 1. The van der Waals surface area contributed by atoms with Crippen LogP contribution in [-0.4, -0.2) is 47.4 Å². The van der Waals surface area contributed by atoms with Crippen molar-refractivity contribution in [2.24, 2.45) is 0 Å². The summed E-state index contributed by atoms with van der Waals surface area (Å²) in [6, 6.07) is -0.624. The van der Waals surface area contributed by atoms with Crippen LogP contribution in [-0.2, 0) is 14.3 Å². The Labute approximate surface area is 436 Å². The molecule has 0 heterocycles. The van der Waals surface area contributed by atoms with Crippen molar-refractivity contribution in [2.45, 2.75) is 347 Å². The van der Waals surface area contributed by atoms with Crippen LogP contribution in [0.3, 0.4) is 0 Å². The lowest BCUT2D eigenvalue weighted by molar-refractivity contribution is -0.143. The number of ether oxygens (including phenoxy) is 1. The van der Waals surface area contributed by atoms with E-state index in [0.29, 0.717) is 19.4 Å². The predicted octanol–water partition coefficient (Wildman–Crippen LogP) is 19.6. The molecular formula is C64H121NO5. The fourth-order valence-electron chi connectivity index (χ4n) is 9.55. The average molecular weight is 985 g/mol. The number of hydrogen-bond donors (Lipinski definition) is 3. The molecule has 2 atom stereocenters. The molecule has 0 aliphatic carbocycles. The molecule has 2 unspecified atom stereocenters. The maximum atomic E-state index is 12.4. The summed E-state index contributed by atoms with van der Waals surface area (Å²) in [5.41, 5.74) is 0. The summed E-state index contributed by atoms with van der Waals surface area (Å²) in [6.45, 7) is 4.86. The first-order valence-electron chi connectivity index (χ1n) is 31.3. The van der Waals surface area contributed by atoms with Gasteiger partial charge in [0.1, 0.15) is 0 Å². The molecule has 0 aliphatic heterocycles. The summed E-state index contributed by atoms with van der Waals surface area (Å²) in [4.78, 5) is 24.4. The van der Waals surface area contributed by atoms with E-state index in [1.807, 2.05) is 6.08 Å². The first kappa shape index (κ1) is 68.1. The van der Waals surface area contributed by atoms with Crippen molar-refractivity contribution in [3.8, 4) is 0 Å². The van der Waals surface area contributed by atoms with Gasteiger partial charge in [-0.3, -0.25) is 9.59 Å². The number of rotatable bonds is 58. The van der Waals surface area contributed by atoms with E-state index in [0.717, 1.165) is 44.9 Å². The summed E-state index contributed by atoms with van der Waals surface area (Å²) in [6.07, 6.45) is 75.0. The van der Waals surface area contributed by atoms with Gasteiger partial charge in [-0.05, 0) is 77.0 Å². The third-order valence-corrected chi connectivity index (χ3v) is 14.4. The maximum Gasteiger partial charge on any atom is 0.305 e. The van der Waals surface area contributed by atoms with E-state index in [1.165, 1.54) is 263 Å². The van der Waals surface area contributed by atoms with Gasteiger partial charge in [-0.2, -0.15) is 0 Å². The summed E-state index contributed by atoms with van der Waals surface area (Å²) < 4.78 is 5.46. The minimum absolute atomic E-state index is 0.00654. The first-order valence-corrected chi connectivity index (χ1v) is 31.3. The third-order valence-electron chi connectivity index (χ3n) is 14.4. The molecule has 0 rings (SSSR count). The van der Waals surface area contributed by atoms with Crippen LogP contribution in [0.2, 0.25) is 0 Å². The van der Waals surface area contributed by atoms with E-state index in [1.54, 1.807) is 6.08 Å². The largest absolute Gasteiger partial charge is 0.466 e. The highest BCUT2D eigenvalue weighted by Gasteiger charge is 2.18. The molecule has 0 radical (unpaired) electrons. The lowest BCUT2D eigenvalue weighted by atomic mass is 10.0. The van der Waals surface area contributed by atoms with Gasteiger partial charge in [0.25, 0.3) is 0 Å². The molecule has 0 aromatic rings. The molecule has 0 bridgehead atoms. The molecule has 70 heavy (non-hydrogen) atoms. The zero-order valence-electron chi connectivity index (χ0n) is 47.0. The molecule has 3 N–H and O–H groups in total. The van der Waals surface area contributed by atoms with Crippen molar-refractivity contribution < 1.29 is 24.5 Å². The van der Waals surface area contributed by atoms with E-state index in [4.69, 9.17) is 4.74 Å². The van der Waals surface area contributed by atoms with Gasteiger partial charge in [0.2, 0.25) is 5.91 Å². The molecule has 0 aromatic carbocycles. The fourth-order valence-corrected chi connectivity index (χ4v) is 9.55. The highest BCUT2D eigenvalue weighted by atomic mass is 16.5. The normalized spacial score (nSPS) is 12.8. The molecule has 0 aromatic heterocycles.